The fourth-order valence-electron chi connectivity index (χ4n) is 1.89. The smallest absolute Gasteiger partial charge is 0.254 e. The first kappa shape index (κ1) is 16.6. The molecular weight excluding hydrogens is 299 g/mol. The number of hydrogen-bond donors (Lipinski definition) is 2. The third kappa shape index (κ3) is 4.60. The molecule has 0 aliphatic rings. The lowest BCUT2D eigenvalue weighted by Crippen LogP contribution is -2.29. The Labute approximate surface area is 134 Å². The van der Waals surface area contributed by atoms with Gasteiger partial charge in [-0.25, -0.2) is 14.4 Å². The molecule has 0 saturated carbocycles. The van der Waals surface area contributed by atoms with Gasteiger partial charge in [-0.3, -0.25) is 9.78 Å². The van der Waals surface area contributed by atoms with Crippen LogP contribution in [-0.4, -0.2) is 48.0 Å². The lowest BCUT2D eigenvalue weighted by molar-refractivity contribution is 0.0951. The van der Waals surface area contributed by atoms with Crippen molar-refractivity contribution in [1.29, 1.82) is 0 Å². The molecule has 2 heterocycles. The van der Waals surface area contributed by atoms with E-state index in [4.69, 9.17) is 0 Å². The first-order valence-electron chi connectivity index (χ1n) is 7.12. The van der Waals surface area contributed by atoms with Crippen molar-refractivity contribution in [2.45, 2.75) is 6.92 Å². The van der Waals surface area contributed by atoms with Gasteiger partial charge >= 0.3 is 0 Å². The van der Waals surface area contributed by atoms with Gasteiger partial charge in [0.05, 0.1) is 11.8 Å². The van der Waals surface area contributed by atoms with E-state index in [1.54, 1.807) is 0 Å². The summed E-state index contributed by atoms with van der Waals surface area (Å²) in [6.45, 7) is 2.61. The van der Waals surface area contributed by atoms with Gasteiger partial charge in [0.1, 0.15) is 17.5 Å². The van der Waals surface area contributed by atoms with Crippen LogP contribution in [0.4, 0.5) is 16.0 Å². The van der Waals surface area contributed by atoms with E-state index in [0.29, 0.717) is 24.7 Å². The average Bonchev–Trinajstić information content (AvgIpc) is 2.51. The summed E-state index contributed by atoms with van der Waals surface area (Å²) in [4.78, 5) is 25.9. The minimum absolute atomic E-state index is 0.0206. The molecule has 8 heteroatoms. The quantitative estimate of drug-likeness (QED) is 0.780. The summed E-state index contributed by atoms with van der Waals surface area (Å²) >= 11 is 0. The van der Waals surface area contributed by atoms with E-state index in [1.807, 2.05) is 32.0 Å². The first-order chi connectivity index (χ1) is 11.0. The molecule has 0 radical (unpaired) electrons. The van der Waals surface area contributed by atoms with E-state index in [1.165, 1.54) is 12.3 Å². The molecule has 0 aromatic carbocycles. The Kier molecular flexibility index (Phi) is 5.40. The van der Waals surface area contributed by atoms with Crippen LogP contribution in [0.5, 0.6) is 0 Å². The number of anilines is 2. The molecule has 0 aliphatic heterocycles. The minimum atomic E-state index is -0.639. The maximum atomic E-state index is 13.4. The van der Waals surface area contributed by atoms with E-state index < -0.39 is 11.7 Å². The molecule has 0 unspecified atom stereocenters. The van der Waals surface area contributed by atoms with Crippen molar-refractivity contribution in [3.8, 4) is 0 Å². The normalized spacial score (nSPS) is 10.3. The lowest BCUT2D eigenvalue weighted by atomic mass is 10.2. The first-order valence-corrected chi connectivity index (χ1v) is 7.12. The van der Waals surface area contributed by atoms with Crippen LogP contribution in [0.3, 0.4) is 0 Å². The number of carbonyl (C=O) groups excluding carboxylic acids is 1. The van der Waals surface area contributed by atoms with E-state index in [9.17, 15) is 9.18 Å². The molecule has 0 saturated heterocycles. The third-order valence-electron chi connectivity index (χ3n) is 3.02. The van der Waals surface area contributed by atoms with Crippen molar-refractivity contribution in [3.63, 3.8) is 0 Å². The number of aryl methyl sites for hydroxylation is 1. The molecule has 0 aliphatic carbocycles. The number of nitrogens with one attached hydrogen (secondary N) is 2. The second-order valence-corrected chi connectivity index (χ2v) is 5.09. The Morgan fingerprint density at radius 3 is 2.78 bits per heavy atom. The second-order valence-electron chi connectivity index (χ2n) is 5.09. The van der Waals surface area contributed by atoms with Gasteiger partial charge in [0.15, 0.2) is 5.82 Å². The number of rotatable bonds is 6. The highest BCUT2D eigenvalue weighted by Gasteiger charge is 2.10. The summed E-state index contributed by atoms with van der Waals surface area (Å²) < 4.78 is 13.4. The number of pyridine rings is 1. The number of nitrogens with zero attached hydrogens (tertiary/aromatic N) is 4. The zero-order chi connectivity index (χ0) is 16.8. The van der Waals surface area contributed by atoms with Gasteiger partial charge in [0, 0.05) is 39.4 Å². The summed E-state index contributed by atoms with van der Waals surface area (Å²) in [6, 6.07) is 3.16. The van der Waals surface area contributed by atoms with Gasteiger partial charge in [-0.05, 0) is 13.0 Å². The number of halogens is 1. The molecule has 0 atom stereocenters. The van der Waals surface area contributed by atoms with Crippen LogP contribution in [0.25, 0.3) is 0 Å². The molecule has 7 nitrogen and oxygen atoms in total. The Bertz CT molecular complexity index is 691. The highest BCUT2D eigenvalue weighted by atomic mass is 19.1. The van der Waals surface area contributed by atoms with E-state index in [-0.39, 0.29) is 5.56 Å². The fraction of sp³-hybridized carbons (Fsp3) is 0.333. The van der Waals surface area contributed by atoms with Gasteiger partial charge in [-0.15, -0.1) is 0 Å². The molecular formula is C15H19FN6O. The molecule has 0 bridgehead atoms. The summed E-state index contributed by atoms with van der Waals surface area (Å²) in [5, 5.41) is 5.74. The Morgan fingerprint density at radius 2 is 2.09 bits per heavy atom. The molecule has 0 spiro atoms. The predicted octanol–water partition coefficient (Wildman–Crippen LogP) is 1.23. The van der Waals surface area contributed by atoms with Crippen molar-refractivity contribution >= 4 is 17.5 Å². The van der Waals surface area contributed by atoms with Crippen molar-refractivity contribution < 1.29 is 9.18 Å². The topological polar surface area (TPSA) is 83.0 Å². The SMILES string of the molecule is Cc1nc(NCCNC(=O)c2ccncc2F)cc(N(C)C)n1. The number of amides is 1. The van der Waals surface area contributed by atoms with Crippen LogP contribution in [0, 0.1) is 12.7 Å². The summed E-state index contributed by atoms with van der Waals surface area (Å²) in [5.41, 5.74) is -0.0206. The number of aromatic nitrogens is 3. The predicted molar refractivity (Wildman–Crippen MR) is 86.1 cm³/mol. The van der Waals surface area contributed by atoms with Crippen LogP contribution in [-0.2, 0) is 0 Å². The highest BCUT2D eigenvalue weighted by Crippen LogP contribution is 2.12. The molecule has 0 fully saturated rings. The van der Waals surface area contributed by atoms with Crippen LogP contribution < -0.4 is 15.5 Å². The molecule has 2 N–H and O–H groups in total. The maximum Gasteiger partial charge on any atom is 0.254 e. The fourth-order valence-corrected chi connectivity index (χ4v) is 1.89. The number of hydrogen-bond acceptors (Lipinski definition) is 6. The standard InChI is InChI=1S/C15H19FN6O/c1-10-20-13(8-14(21-10)22(2)3)18-6-7-19-15(23)11-4-5-17-9-12(11)16/h4-5,8-9H,6-7H2,1-3H3,(H,19,23)(H,18,20,21). The Morgan fingerprint density at radius 1 is 1.30 bits per heavy atom. The van der Waals surface area contributed by atoms with E-state index in [0.717, 1.165) is 12.0 Å². The van der Waals surface area contributed by atoms with Gasteiger partial charge in [-0.2, -0.15) is 0 Å². The summed E-state index contributed by atoms with van der Waals surface area (Å²) in [7, 11) is 3.80. The molecule has 122 valence electrons. The highest BCUT2D eigenvalue weighted by molar-refractivity contribution is 5.94. The third-order valence-corrected chi connectivity index (χ3v) is 3.02. The molecule has 1 amide bonds. The zero-order valence-corrected chi connectivity index (χ0v) is 13.3. The maximum absolute atomic E-state index is 13.4. The zero-order valence-electron chi connectivity index (χ0n) is 13.3. The van der Waals surface area contributed by atoms with Gasteiger partial charge < -0.3 is 15.5 Å². The van der Waals surface area contributed by atoms with Gasteiger partial charge in [0.25, 0.3) is 5.91 Å². The largest absolute Gasteiger partial charge is 0.368 e. The molecule has 2 rings (SSSR count). The van der Waals surface area contributed by atoms with Crippen molar-refractivity contribution in [2.24, 2.45) is 0 Å². The van der Waals surface area contributed by atoms with Crippen LogP contribution >= 0.6 is 0 Å². The Balaban J connectivity index is 1.86. The average molecular weight is 318 g/mol. The van der Waals surface area contributed by atoms with Crippen molar-refractivity contribution in [1.82, 2.24) is 20.3 Å². The second kappa shape index (κ2) is 7.48. The minimum Gasteiger partial charge on any atom is -0.368 e. The molecule has 23 heavy (non-hydrogen) atoms. The van der Waals surface area contributed by atoms with Crippen LogP contribution in [0.1, 0.15) is 16.2 Å². The van der Waals surface area contributed by atoms with E-state index >= 15 is 0 Å². The van der Waals surface area contributed by atoms with Gasteiger partial charge in [0.2, 0.25) is 0 Å². The van der Waals surface area contributed by atoms with Crippen LogP contribution in [0.15, 0.2) is 24.5 Å². The summed E-state index contributed by atoms with van der Waals surface area (Å²) in [5.74, 6) is 1.01. The molecule has 2 aromatic rings. The number of carbonyl (C=O) groups is 1. The Hall–Kier alpha value is -2.77. The van der Waals surface area contributed by atoms with E-state index in [2.05, 4.69) is 25.6 Å². The van der Waals surface area contributed by atoms with Crippen LogP contribution in [0.2, 0.25) is 0 Å². The lowest BCUT2D eigenvalue weighted by Gasteiger charge is -2.14. The monoisotopic (exact) mass is 318 g/mol. The molecule has 2 aromatic heterocycles. The van der Waals surface area contributed by atoms with Crippen molar-refractivity contribution in [2.75, 3.05) is 37.4 Å². The van der Waals surface area contributed by atoms with Crippen molar-refractivity contribution in [3.05, 3.63) is 41.7 Å². The summed E-state index contributed by atoms with van der Waals surface area (Å²) in [6.07, 6.45) is 2.39. The van der Waals surface area contributed by atoms with Gasteiger partial charge in [-0.1, -0.05) is 0 Å².